The van der Waals surface area contributed by atoms with Crippen LogP contribution in [-0.2, 0) is 7.05 Å². The normalized spacial score (nSPS) is 11.1. The Bertz CT molecular complexity index is 572. The van der Waals surface area contributed by atoms with Gasteiger partial charge in [-0.25, -0.2) is 9.97 Å². The van der Waals surface area contributed by atoms with Gasteiger partial charge in [0.15, 0.2) is 0 Å². The summed E-state index contributed by atoms with van der Waals surface area (Å²) < 4.78 is 1.72. The lowest BCUT2D eigenvalue weighted by molar-refractivity contribution is 0.0936. The zero-order valence-electron chi connectivity index (χ0n) is 10.1. The Kier molecular flexibility index (Phi) is 2.71. The summed E-state index contributed by atoms with van der Waals surface area (Å²) in [6.45, 7) is 3.82. The number of fused-ring (bicyclic) bond motifs is 1. The fourth-order valence-corrected chi connectivity index (χ4v) is 1.75. The zero-order chi connectivity index (χ0) is 12.6. The molecule has 0 saturated heterocycles. The molecular weight excluding hydrogens is 218 g/mol. The van der Waals surface area contributed by atoms with Gasteiger partial charge in [0.25, 0.3) is 5.91 Å². The molecule has 6 nitrogen and oxygen atoms in total. The van der Waals surface area contributed by atoms with Crippen LogP contribution in [0.15, 0.2) is 12.5 Å². The van der Waals surface area contributed by atoms with Crippen molar-refractivity contribution in [2.45, 2.75) is 19.9 Å². The Morgan fingerprint density at radius 3 is 2.82 bits per heavy atom. The van der Waals surface area contributed by atoms with E-state index in [0.29, 0.717) is 22.4 Å². The number of carbonyl (C=O) groups excluding carboxylic acids is 1. The molecule has 0 aliphatic heterocycles. The van der Waals surface area contributed by atoms with Gasteiger partial charge < -0.3 is 15.6 Å². The van der Waals surface area contributed by atoms with Crippen LogP contribution in [0, 0.1) is 0 Å². The lowest BCUT2D eigenvalue weighted by Crippen LogP contribution is -2.31. The molecule has 0 atom stereocenters. The van der Waals surface area contributed by atoms with Gasteiger partial charge in [0.2, 0.25) is 0 Å². The molecular formula is C11H15N5O. The van der Waals surface area contributed by atoms with Crippen molar-refractivity contribution in [3.63, 3.8) is 0 Å². The Morgan fingerprint density at radius 1 is 1.47 bits per heavy atom. The number of carbonyl (C=O) groups is 1. The first-order valence-electron chi connectivity index (χ1n) is 5.37. The summed E-state index contributed by atoms with van der Waals surface area (Å²) in [6.07, 6.45) is 3.13. The van der Waals surface area contributed by atoms with E-state index in [1.807, 2.05) is 13.8 Å². The maximum absolute atomic E-state index is 12.0. The highest BCUT2D eigenvalue weighted by atomic mass is 16.2. The molecule has 2 rings (SSSR count). The van der Waals surface area contributed by atoms with Crippen LogP contribution in [0.4, 0.5) is 5.82 Å². The van der Waals surface area contributed by atoms with E-state index in [9.17, 15) is 4.79 Å². The summed E-state index contributed by atoms with van der Waals surface area (Å²) in [5, 5.41) is 3.53. The molecule has 0 spiro atoms. The van der Waals surface area contributed by atoms with Crippen LogP contribution in [0.25, 0.3) is 10.9 Å². The minimum atomic E-state index is -0.157. The van der Waals surface area contributed by atoms with Crippen molar-refractivity contribution < 1.29 is 4.79 Å². The standard InChI is InChI=1S/C11H15N5O/c1-6(2)15-11(17)9-8-7(4-16(9)3)10(12)14-5-13-8/h4-6H,1-3H3,(H,15,17)(H2,12,13,14). The first kappa shape index (κ1) is 11.4. The Hall–Kier alpha value is -2.11. The number of nitrogens with one attached hydrogen (secondary N) is 1. The van der Waals surface area contributed by atoms with E-state index in [0.717, 1.165) is 0 Å². The molecule has 0 bridgehead atoms. The number of aryl methyl sites for hydroxylation is 1. The van der Waals surface area contributed by atoms with Crippen LogP contribution in [0.1, 0.15) is 24.3 Å². The Balaban J connectivity index is 2.57. The van der Waals surface area contributed by atoms with E-state index < -0.39 is 0 Å². The van der Waals surface area contributed by atoms with Crippen molar-refractivity contribution in [2.75, 3.05) is 5.73 Å². The van der Waals surface area contributed by atoms with E-state index in [1.165, 1.54) is 6.33 Å². The van der Waals surface area contributed by atoms with Gasteiger partial charge in [-0.3, -0.25) is 4.79 Å². The first-order chi connectivity index (χ1) is 8.00. The zero-order valence-corrected chi connectivity index (χ0v) is 10.1. The topological polar surface area (TPSA) is 85.8 Å². The molecule has 0 aliphatic rings. The predicted molar refractivity (Wildman–Crippen MR) is 65.5 cm³/mol. The lowest BCUT2D eigenvalue weighted by Gasteiger charge is -2.08. The molecule has 3 N–H and O–H groups in total. The molecule has 0 fully saturated rings. The lowest BCUT2D eigenvalue weighted by atomic mass is 10.2. The third-order valence-electron chi connectivity index (χ3n) is 2.45. The van der Waals surface area contributed by atoms with Gasteiger partial charge in [-0.1, -0.05) is 0 Å². The van der Waals surface area contributed by atoms with E-state index >= 15 is 0 Å². The van der Waals surface area contributed by atoms with Crippen LogP contribution in [0.5, 0.6) is 0 Å². The second kappa shape index (κ2) is 4.04. The van der Waals surface area contributed by atoms with Crippen molar-refractivity contribution in [1.29, 1.82) is 0 Å². The van der Waals surface area contributed by atoms with Crippen LogP contribution >= 0.6 is 0 Å². The third kappa shape index (κ3) is 1.93. The van der Waals surface area contributed by atoms with Crippen molar-refractivity contribution in [1.82, 2.24) is 19.9 Å². The average Bonchev–Trinajstić information content (AvgIpc) is 2.55. The summed E-state index contributed by atoms with van der Waals surface area (Å²) in [6, 6.07) is 0.0756. The van der Waals surface area contributed by atoms with E-state index in [-0.39, 0.29) is 11.9 Å². The number of aromatic nitrogens is 3. The maximum atomic E-state index is 12.0. The highest BCUT2D eigenvalue weighted by Crippen LogP contribution is 2.21. The minimum absolute atomic E-state index is 0.0756. The molecule has 0 radical (unpaired) electrons. The van der Waals surface area contributed by atoms with Crippen molar-refractivity contribution in [3.8, 4) is 0 Å². The van der Waals surface area contributed by atoms with Crippen LogP contribution in [-0.4, -0.2) is 26.5 Å². The van der Waals surface area contributed by atoms with Crippen molar-refractivity contribution in [3.05, 3.63) is 18.2 Å². The molecule has 0 unspecified atom stereocenters. The summed E-state index contributed by atoms with van der Waals surface area (Å²) in [4.78, 5) is 20.1. The quantitative estimate of drug-likeness (QED) is 0.799. The number of hydrogen-bond donors (Lipinski definition) is 2. The van der Waals surface area contributed by atoms with Gasteiger partial charge in [-0.05, 0) is 13.8 Å². The van der Waals surface area contributed by atoms with E-state index in [2.05, 4.69) is 15.3 Å². The summed E-state index contributed by atoms with van der Waals surface area (Å²) >= 11 is 0. The molecule has 0 saturated carbocycles. The van der Waals surface area contributed by atoms with Gasteiger partial charge in [0, 0.05) is 19.3 Å². The fourth-order valence-electron chi connectivity index (χ4n) is 1.75. The number of nitrogen functional groups attached to an aromatic ring is 1. The number of nitrogens with zero attached hydrogens (tertiary/aromatic N) is 3. The smallest absolute Gasteiger partial charge is 0.270 e. The molecule has 90 valence electrons. The second-order valence-electron chi connectivity index (χ2n) is 4.24. The first-order valence-corrected chi connectivity index (χ1v) is 5.37. The number of amides is 1. The highest BCUT2D eigenvalue weighted by Gasteiger charge is 2.18. The fraction of sp³-hybridized carbons (Fsp3) is 0.364. The van der Waals surface area contributed by atoms with Gasteiger partial charge in [-0.15, -0.1) is 0 Å². The number of nitrogens with two attached hydrogens (primary N) is 1. The monoisotopic (exact) mass is 233 g/mol. The minimum Gasteiger partial charge on any atom is -0.383 e. The highest BCUT2D eigenvalue weighted by molar-refractivity contribution is 6.06. The summed E-state index contributed by atoms with van der Waals surface area (Å²) in [5.41, 5.74) is 6.83. The summed E-state index contributed by atoms with van der Waals surface area (Å²) in [7, 11) is 1.79. The summed E-state index contributed by atoms with van der Waals surface area (Å²) in [5.74, 6) is 0.227. The largest absolute Gasteiger partial charge is 0.383 e. The van der Waals surface area contributed by atoms with E-state index in [1.54, 1.807) is 17.8 Å². The molecule has 2 heterocycles. The predicted octanol–water partition coefficient (Wildman–Crippen LogP) is 0.689. The number of hydrogen-bond acceptors (Lipinski definition) is 4. The Labute approximate surface area is 98.8 Å². The van der Waals surface area contributed by atoms with Gasteiger partial charge in [-0.2, -0.15) is 0 Å². The van der Waals surface area contributed by atoms with Crippen LogP contribution in [0.3, 0.4) is 0 Å². The molecule has 2 aromatic heterocycles. The molecule has 2 aromatic rings. The third-order valence-corrected chi connectivity index (χ3v) is 2.45. The van der Waals surface area contributed by atoms with Gasteiger partial charge in [0.05, 0.1) is 5.39 Å². The Morgan fingerprint density at radius 2 is 2.18 bits per heavy atom. The number of rotatable bonds is 2. The average molecular weight is 233 g/mol. The maximum Gasteiger partial charge on any atom is 0.270 e. The SMILES string of the molecule is CC(C)NC(=O)c1c2ncnc(N)c2cn1C. The molecule has 1 amide bonds. The second-order valence-corrected chi connectivity index (χ2v) is 4.24. The number of anilines is 1. The van der Waals surface area contributed by atoms with E-state index in [4.69, 9.17) is 5.73 Å². The van der Waals surface area contributed by atoms with Crippen molar-refractivity contribution in [2.24, 2.45) is 7.05 Å². The van der Waals surface area contributed by atoms with Gasteiger partial charge >= 0.3 is 0 Å². The van der Waals surface area contributed by atoms with Crippen LogP contribution in [0.2, 0.25) is 0 Å². The molecule has 0 aliphatic carbocycles. The molecule has 6 heteroatoms. The van der Waals surface area contributed by atoms with Crippen molar-refractivity contribution >= 4 is 22.6 Å². The molecule has 17 heavy (non-hydrogen) atoms. The molecule has 0 aromatic carbocycles. The van der Waals surface area contributed by atoms with Crippen LogP contribution < -0.4 is 11.1 Å². The van der Waals surface area contributed by atoms with Gasteiger partial charge in [0.1, 0.15) is 23.4 Å².